The number of likely N-dealkylation sites (N-methyl/N-ethyl adjacent to an activating group) is 1. The van der Waals surface area contributed by atoms with E-state index in [-0.39, 0.29) is 48.1 Å². The van der Waals surface area contributed by atoms with Gasteiger partial charge in [0, 0.05) is 37.4 Å². The number of urea groups is 1. The summed E-state index contributed by atoms with van der Waals surface area (Å²) in [6.07, 6.45) is 6.00. The summed E-state index contributed by atoms with van der Waals surface area (Å²) in [5.41, 5.74) is 1.76. The van der Waals surface area contributed by atoms with Crippen molar-refractivity contribution >= 4 is 41.3 Å². The van der Waals surface area contributed by atoms with Gasteiger partial charge in [-0.05, 0) is 44.9 Å². The van der Waals surface area contributed by atoms with Crippen molar-refractivity contribution in [2.24, 2.45) is 5.92 Å². The van der Waals surface area contributed by atoms with E-state index in [0.29, 0.717) is 37.7 Å². The van der Waals surface area contributed by atoms with Crippen LogP contribution in [0.1, 0.15) is 78.6 Å². The van der Waals surface area contributed by atoms with Gasteiger partial charge in [-0.25, -0.2) is 9.80 Å². The van der Waals surface area contributed by atoms with Crippen LogP contribution in [0.5, 0.6) is 0 Å². The molecule has 6 N–H and O–H groups in total. The number of ketones is 1. The van der Waals surface area contributed by atoms with Gasteiger partial charge >= 0.3 is 6.03 Å². The molecule has 0 saturated carbocycles. The first kappa shape index (κ1) is 35.1. The molecule has 3 aliphatic rings. The summed E-state index contributed by atoms with van der Waals surface area (Å²) in [4.78, 5) is 61.8. The van der Waals surface area contributed by atoms with Gasteiger partial charge in [0.2, 0.25) is 17.7 Å². The molecule has 6 atom stereocenters. The van der Waals surface area contributed by atoms with Crippen LogP contribution >= 0.6 is 11.8 Å². The highest BCUT2D eigenvalue weighted by Gasteiger charge is 2.50. The number of unbranched alkanes of at least 4 members (excludes halogenated alkanes) is 3. The Hall–Kier alpha value is -2.42. The third-order valence-electron chi connectivity index (χ3n) is 8.17. The van der Waals surface area contributed by atoms with Crippen LogP contribution in [0.3, 0.4) is 0 Å². The second kappa shape index (κ2) is 16.6. The molecule has 0 radical (unpaired) electrons. The van der Waals surface area contributed by atoms with Gasteiger partial charge in [-0.15, -0.1) is 0 Å². The van der Waals surface area contributed by atoms with E-state index in [1.807, 2.05) is 25.6 Å². The van der Waals surface area contributed by atoms with Crippen LogP contribution in [0.25, 0.3) is 0 Å². The molecule has 3 rings (SSSR count). The number of rotatable bonds is 20. The first-order valence-corrected chi connectivity index (χ1v) is 16.6. The highest BCUT2D eigenvalue weighted by atomic mass is 32.2. The zero-order valence-corrected chi connectivity index (χ0v) is 26.7. The van der Waals surface area contributed by atoms with Gasteiger partial charge in [0.05, 0.1) is 31.3 Å². The minimum Gasteiger partial charge on any atom is -0.394 e. The number of hydrogen-bond acceptors (Lipinski definition) is 9. The zero-order chi connectivity index (χ0) is 31.6. The lowest BCUT2D eigenvalue weighted by atomic mass is 9.93. The van der Waals surface area contributed by atoms with Crippen LogP contribution in [0.2, 0.25) is 0 Å². The average molecular weight is 627 g/mol. The van der Waals surface area contributed by atoms with E-state index in [1.165, 1.54) is 12.1 Å². The summed E-state index contributed by atoms with van der Waals surface area (Å²) in [5, 5.41) is 23.1. The summed E-state index contributed by atoms with van der Waals surface area (Å²) in [6, 6.07) is -1.46. The number of amides is 5. The first-order chi connectivity index (χ1) is 20.4. The third kappa shape index (κ3) is 10.9. The van der Waals surface area contributed by atoms with E-state index in [1.54, 1.807) is 6.92 Å². The van der Waals surface area contributed by atoms with E-state index in [9.17, 15) is 29.1 Å². The van der Waals surface area contributed by atoms with Crippen LogP contribution in [-0.2, 0) is 23.9 Å². The van der Waals surface area contributed by atoms with Crippen molar-refractivity contribution in [3.63, 3.8) is 0 Å². The Morgan fingerprint density at radius 1 is 1.09 bits per heavy atom. The van der Waals surface area contributed by atoms with Crippen LogP contribution < -0.4 is 26.7 Å². The molecule has 43 heavy (non-hydrogen) atoms. The normalized spacial score (nSPS) is 25.5. The van der Waals surface area contributed by atoms with Crippen molar-refractivity contribution in [3.8, 4) is 0 Å². The number of nitrogens with zero attached hydrogens (tertiary/aromatic N) is 1. The number of Topliss-reactive ketones (excluding diaryl/α,β-unsaturated/α-hetero) is 1. The lowest BCUT2D eigenvalue weighted by Crippen LogP contribution is -2.57. The Labute approximate surface area is 258 Å². The first-order valence-electron chi connectivity index (χ1n) is 15.5. The quantitative estimate of drug-likeness (QED) is 0.0488. The third-order valence-corrected chi connectivity index (χ3v) is 9.67. The molecule has 3 fully saturated rings. The fourth-order valence-electron chi connectivity index (χ4n) is 5.48. The molecule has 0 spiro atoms. The Balaban J connectivity index is 1.24. The monoisotopic (exact) mass is 626 g/mol. The van der Waals surface area contributed by atoms with Gasteiger partial charge in [-0.3, -0.25) is 24.6 Å². The van der Waals surface area contributed by atoms with Crippen molar-refractivity contribution < 1.29 is 33.8 Å². The number of carbonyl (C=O) groups is 5. The van der Waals surface area contributed by atoms with Crippen molar-refractivity contribution in [2.45, 2.75) is 114 Å². The van der Waals surface area contributed by atoms with Gasteiger partial charge in [0.15, 0.2) is 5.78 Å². The Morgan fingerprint density at radius 3 is 2.47 bits per heavy atom. The lowest BCUT2D eigenvalue weighted by molar-refractivity contribution is -0.137. The van der Waals surface area contributed by atoms with Crippen molar-refractivity contribution in [1.82, 2.24) is 31.7 Å². The van der Waals surface area contributed by atoms with E-state index in [2.05, 4.69) is 26.7 Å². The molecule has 0 aromatic heterocycles. The van der Waals surface area contributed by atoms with Gasteiger partial charge in [0.25, 0.3) is 0 Å². The summed E-state index contributed by atoms with van der Waals surface area (Å²) >= 11 is 1.88. The maximum absolute atomic E-state index is 12.9. The second-order valence-electron chi connectivity index (χ2n) is 12.4. The molecule has 244 valence electrons. The number of aliphatic hydroxyl groups is 1. The molecule has 14 heteroatoms. The van der Waals surface area contributed by atoms with Gasteiger partial charge in [-0.2, -0.15) is 11.8 Å². The average Bonchev–Trinajstić information content (AvgIpc) is 3.43. The lowest BCUT2D eigenvalue weighted by Gasteiger charge is -2.28. The number of ether oxygens (including phenoxy) is 1. The summed E-state index contributed by atoms with van der Waals surface area (Å²) < 4.78 is 5.26. The van der Waals surface area contributed by atoms with Crippen molar-refractivity contribution in [3.05, 3.63) is 0 Å². The highest BCUT2D eigenvalue weighted by Crippen LogP contribution is 2.33. The van der Waals surface area contributed by atoms with E-state index < -0.39 is 30.2 Å². The van der Waals surface area contributed by atoms with Crippen LogP contribution in [0.15, 0.2) is 0 Å². The van der Waals surface area contributed by atoms with Crippen LogP contribution in [0, 0.1) is 5.92 Å². The Bertz CT molecular complexity index is 994. The van der Waals surface area contributed by atoms with Gasteiger partial charge in [-0.1, -0.05) is 26.7 Å². The molecule has 3 heterocycles. The maximum atomic E-state index is 12.9. The molecule has 0 aromatic carbocycles. The maximum Gasteiger partial charge on any atom is 0.315 e. The zero-order valence-electron chi connectivity index (χ0n) is 25.9. The smallest absolute Gasteiger partial charge is 0.315 e. The number of carbonyl (C=O) groups excluding carboxylic acids is 5. The summed E-state index contributed by atoms with van der Waals surface area (Å²) in [5.74, 6) is 0.0969. The molecule has 3 saturated heterocycles. The molecule has 3 aliphatic heterocycles. The van der Waals surface area contributed by atoms with Crippen molar-refractivity contribution in [2.75, 3.05) is 32.6 Å². The number of hydrogen-bond donors (Lipinski definition) is 6. The topological polar surface area (TPSA) is 181 Å². The highest BCUT2D eigenvalue weighted by molar-refractivity contribution is 8.00. The van der Waals surface area contributed by atoms with Gasteiger partial charge in [0.1, 0.15) is 11.6 Å². The Kier molecular flexibility index (Phi) is 13.5. The molecular formula is C29H50N6O7S. The number of hydrazine groups is 1. The minimum absolute atomic E-state index is 0.0246. The molecule has 0 aromatic rings. The molecule has 13 nitrogen and oxygen atoms in total. The minimum atomic E-state index is -1.05. The van der Waals surface area contributed by atoms with E-state index in [0.717, 1.165) is 37.9 Å². The second-order valence-corrected chi connectivity index (χ2v) is 13.7. The summed E-state index contributed by atoms with van der Waals surface area (Å²) in [6.45, 7) is 5.95. The predicted octanol–water partition coefficient (Wildman–Crippen LogP) is 0.602. The number of aliphatic hydroxyl groups excluding tert-OH is 1. The van der Waals surface area contributed by atoms with Crippen LogP contribution in [0.4, 0.5) is 4.79 Å². The largest absolute Gasteiger partial charge is 0.394 e. The fraction of sp³-hybridized carbons (Fsp3) is 0.828. The Morgan fingerprint density at radius 2 is 1.79 bits per heavy atom. The number of thioether (sulfide) groups is 1. The van der Waals surface area contributed by atoms with Crippen molar-refractivity contribution in [1.29, 1.82) is 0 Å². The number of fused-ring (bicyclic) bond motifs is 1. The predicted molar refractivity (Wildman–Crippen MR) is 163 cm³/mol. The van der Waals surface area contributed by atoms with E-state index in [4.69, 9.17) is 4.74 Å². The molecule has 0 bridgehead atoms. The molecule has 5 amide bonds. The molecule has 0 unspecified atom stereocenters. The fourth-order valence-corrected chi connectivity index (χ4v) is 7.02. The molecule has 0 aliphatic carbocycles. The van der Waals surface area contributed by atoms with Gasteiger partial charge < -0.3 is 31.1 Å². The number of epoxide rings is 1. The summed E-state index contributed by atoms with van der Waals surface area (Å²) in [7, 11) is 1.51. The van der Waals surface area contributed by atoms with E-state index >= 15 is 0 Å². The molecular weight excluding hydrogens is 576 g/mol. The SMILES string of the molecule is CC(C)C[C@H](NC(=O)[C@H](CO)N(C)NC(=O)CCCCCNC(=O)CCCC[C@@H]1SC[C@@H]2NC(=O)N[C@@H]21)C(=O)[C@@]1(C)CO1. The van der Waals surface area contributed by atoms with Crippen LogP contribution in [-0.4, -0.2) is 107 Å². The number of nitrogens with one attached hydrogen (secondary N) is 5. The standard InChI is InChI=1S/C29H50N6O7S/c1-18(2)14-19(26(39)29(3)17-42-29)31-27(40)21(15-36)35(4)34-24(38)12-6-5-9-13-30-23(37)11-8-7-10-22-25-20(16-43-22)32-28(41)33-25/h18-22,25,36H,5-17H2,1-4H3,(H,30,37)(H,31,40)(H,34,38)(H2,32,33,41)/t19-,20-,21-,22-,25-,29+/m0/s1.